The first-order valence-corrected chi connectivity index (χ1v) is 10.4. The molecule has 2 aliphatic carbocycles. The summed E-state index contributed by atoms with van der Waals surface area (Å²) in [6, 6.07) is 5.52. The average Bonchev–Trinajstić information content (AvgIpc) is 3.54. The minimum absolute atomic E-state index is 0.0876. The van der Waals surface area contributed by atoms with E-state index in [1.165, 1.54) is 11.1 Å². The predicted molar refractivity (Wildman–Crippen MR) is 109 cm³/mol. The zero-order valence-electron chi connectivity index (χ0n) is 17.5. The Morgan fingerprint density at radius 3 is 2.30 bits per heavy atom. The minimum Gasteiger partial charge on any atom is -0.480 e. The summed E-state index contributed by atoms with van der Waals surface area (Å²) in [6.45, 7) is 10.3. The smallest absolute Gasteiger partial charge is 0.326 e. The van der Waals surface area contributed by atoms with Gasteiger partial charge in [0.05, 0.1) is 5.41 Å². The van der Waals surface area contributed by atoms with E-state index < -0.39 is 17.4 Å². The molecule has 0 radical (unpaired) electrons. The third kappa shape index (κ3) is 4.91. The highest BCUT2D eigenvalue weighted by Crippen LogP contribution is 2.51. The lowest BCUT2D eigenvalue weighted by molar-refractivity contribution is -0.142. The van der Waals surface area contributed by atoms with Crippen molar-refractivity contribution in [3.8, 4) is 0 Å². The molecule has 2 saturated carbocycles. The van der Waals surface area contributed by atoms with Crippen LogP contribution in [-0.4, -0.2) is 23.0 Å². The van der Waals surface area contributed by atoms with Gasteiger partial charge >= 0.3 is 5.97 Å². The largest absolute Gasteiger partial charge is 0.480 e. The fourth-order valence-corrected chi connectivity index (χ4v) is 3.82. The lowest BCUT2D eigenvalue weighted by Gasteiger charge is -2.24. The summed E-state index contributed by atoms with van der Waals surface area (Å²) in [5, 5.41) is 12.4. The molecule has 2 N–H and O–H groups in total. The fraction of sp³-hybridized carbons (Fsp3) is 0.652. The maximum atomic E-state index is 13.0. The number of carbonyl (C=O) groups is 2. The van der Waals surface area contributed by atoms with Gasteiger partial charge in [-0.2, -0.15) is 0 Å². The predicted octanol–water partition coefficient (Wildman–Crippen LogP) is 4.76. The molecule has 0 saturated heterocycles. The first kappa shape index (κ1) is 21.5. The molecule has 0 spiro atoms. The van der Waals surface area contributed by atoms with Gasteiger partial charge in [0.25, 0.3) is 0 Å². The van der Waals surface area contributed by atoms with Gasteiger partial charge in [0.15, 0.2) is 0 Å². The number of benzene rings is 1. The van der Waals surface area contributed by atoms with Gasteiger partial charge < -0.3 is 10.4 Å². The molecule has 0 aliphatic heterocycles. The van der Waals surface area contributed by atoms with Crippen molar-refractivity contribution in [2.24, 2.45) is 5.41 Å². The Morgan fingerprint density at radius 1 is 1.19 bits per heavy atom. The number of nitrogens with one attached hydrogen (secondary N) is 1. The summed E-state index contributed by atoms with van der Waals surface area (Å²) in [6.07, 6.45) is 6.23. The van der Waals surface area contributed by atoms with Crippen molar-refractivity contribution in [3.63, 3.8) is 0 Å². The molecule has 1 amide bonds. The standard InChI is InChI=1S/C21H29NO3.C2H6/c1-4-5-15-12-14(2)6-7-16(15)21(10-11-21)19(25)22-17(18(23)24)13-20(3)8-9-20;1-2/h6-7,12,17H,4-5,8-11,13H2,1-3H3,(H,22,25)(H,23,24);1-2H3. The van der Waals surface area contributed by atoms with Crippen molar-refractivity contribution in [2.45, 2.75) is 91.0 Å². The van der Waals surface area contributed by atoms with Crippen LogP contribution < -0.4 is 5.32 Å². The zero-order chi connectivity index (χ0) is 20.2. The number of amides is 1. The Labute approximate surface area is 163 Å². The summed E-state index contributed by atoms with van der Waals surface area (Å²) in [4.78, 5) is 24.6. The normalized spacial score (nSPS) is 19.3. The van der Waals surface area contributed by atoms with Crippen molar-refractivity contribution in [2.75, 3.05) is 0 Å². The van der Waals surface area contributed by atoms with Crippen molar-refractivity contribution in [1.82, 2.24) is 5.32 Å². The Morgan fingerprint density at radius 2 is 1.81 bits per heavy atom. The molecule has 1 aromatic carbocycles. The van der Waals surface area contributed by atoms with Crippen LogP contribution in [0.25, 0.3) is 0 Å². The SMILES string of the molecule is CC.CCCc1cc(C)ccc1C1(C(=O)NC(CC2(C)CC2)C(=O)O)CC1. The lowest BCUT2D eigenvalue weighted by atomic mass is 9.87. The quantitative estimate of drug-likeness (QED) is 0.690. The highest BCUT2D eigenvalue weighted by molar-refractivity contribution is 5.94. The summed E-state index contributed by atoms with van der Waals surface area (Å²) in [7, 11) is 0. The summed E-state index contributed by atoms with van der Waals surface area (Å²) >= 11 is 0. The number of carboxylic acids is 1. The lowest BCUT2D eigenvalue weighted by Crippen LogP contribution is -2.46. The number of carbonyl (C=O) groups excluding carboxylic acids is 1. The number of rotatable bonds is 8. The molecular weight excluding hydrogens is 338 g/mol. The van der Waals surface area contributed by atoms with Gasteiger partial charge in [-0.15, -0.1) is 0 Å². The van der Waals surface area contributed by atoms with E-state index in [4.69, 9.17) is 0 Å². The van der Waals surface area contributed by atoms with E-state index in [1.807, 2.05) is 13.8 Å². The van der Waals surface area contributed by atoms with Gasteiger partial charge in [0.2, 0.25) is 5.91 Å². The van der Waals surface area contributed by atoms with E-state index in [0.717, 1.165) is 44.1 Å². The highest BCUT2D eigenvalue weighted by atomic mass is 16.4. The molecule has 4 heteroatoms. The van der Waals surface area contributed by atoms with Crippen LogP contribution in [0.3, 0.4) is 0 Å². The van der Waals surface area contributed by atoms with Crippen molar-refractivity contribution in [3.05, 3.63) is 34.9 Å². The molecule has 2 aliphatic rings. The van der Waals surface area contributed by atoms with Crippen molar-refractivity contribution >= 4 is 11.9 Å². The fourth-order valence-electron chi connectivity index (χ4n) is 3.82. The molecule has 1 atom stereocenters. The van der Waals surface area contributed by atoms with Crippen LogP contribution in [0, 0.1) is 12.3 Å². The van der Waals surface area contributed by atoms with Crippen LogP contribution in [0.2, 0.25) is 0 Å². The average molecular weight is 374 g/mol. The van der Waals surface area contributed by atoms with Gasteiger partial charge in [-0.05, 0) is 62.0 Å². The molecule has 0 aromatic heterocycles. The van der Waals surface area contributed by atoms with Crippen molar-refractivity contribution in [1.29, 1.82) is 0 Å². The third-order valence-electron chi connectivity index (χ3n) is 5.88. The number of hydrogen-bond acceptors (Lipinski definition) is 2. The second-order valence-electron chi connectivity index (χ2n) is 8.37. The van der Waals surface area contributed by atoms with Crippen LogP contribution in [0.5, 0.6) is 0 Å². The van der Waals surface area contributed by atoms with Gasteiger partial charge in [-0.25, -0.2) is 4.79 Å². The summed E-state index contributed by atoms with van der Waals surface area (Å²) < 4.78 is 0. The minimum atomic E-state index is -0.921. The molecule has 3 rings (SSSR count). The van der Waals surface area contributed by atoms with Crippen LogP contribution in [0.15, 0.2) is 18.2 Å². The Kier molecular flexibility index (Phi) is 6.72. The third-order valence-corrected chi connectivity index (χ3v) is 5.88. The maximum absolute atomic E-state index is 13.0. The molecular formula is C23H35NO3. The molecule has 150 valence electrons. The molecule has 4 nitrogen and oxygen atoms in total. The molecule has 1 aromatic rings. The second kappa shape index (κ2) is 8.45. The highest BCUT2D eigenvalue weighted by Gasteiger charge is 2.53. The van der Waals surface area contributed by atoms with E-state index in [-0.39, 0.29) is 11.3 Å². The number of aryl methyl sites for hydroxylation is 2. The Balaban J connectivity index is 0.00000126. The van der Waals surface area contributed by atoms with Crippen LogP contribution >= 0.6 is 0 Å². The van der Waals surface area contributed by atoms with E-state index in [9.17, 15) is 14.7 Å². The molecule has 2 fully saturated rings. The Bertz CT molecular complexity index is 687. The second-order valence-corrected chi connectivity index (χ2v) is 8.37. The van der Waals surface area contributed by atoms with Gasteiger partial charge in [0, 0.05) is 0 Å². The Hall–Kier alpha value is -1.84. The van der Waals surface area contributed by atoms with Gasteiger partial charge in [-0.3, -0.25) is 4.79 Å². The first-order valence-electron chi connectivity index (χ1n) is 10.4. The van der Waals surface area contributed by atoms with Gasteiger partial charge in [-0.1, -0.05) is 57.9 Å². The topological polar surface area (TPSA) is 66.4 Å². The molecule has 0 bridgehead atoms. The first-order chi connectivity index (χ1) is 12.8. The number of carboxylic acid groups (broad SMARTS) is 1. The van der Waals surface area contributed by atoms with Crippen LogP contribution in [-0.2, 0) is 21.4 Å². The zero-order valence-corrected chi connectivity index (χ0v) is 17.5. The number of hydrogen-bond donors (Lipinski definition) is 2. The van der Waals surface area contributed by atoms with Gasteiger partial charge in [0.1, 0.15) is 6.04 Å². The summed E-state index contributed by atoms with van der Waals surface area (Å²) in [5.74, 6) is -1.03. The van der Waals surface area contributed by atoms with Crippen LogP contribution in [0.1, 0.15) is 82.9 Å². The molecule has 0 heterocycles. The molecule has 1 unspecified atom stereocenters. The monoisotopic (exact) mass is 373 g/mol. The van der Waals surface area contributed by atoms with E-state index in [0.29, 0.717) is 6.42 Å². The van der Waals surface area contributed by atoms with E-state index in [1.54, 1.807) is 0 Å². The van der Waals surface area contributed by atoms with Crippen molar-refractivity contribution < 1.29 is 14.7 Å². The molecule has 27 heavy (non-hydrogen) atoms. The summed E-state index contributed by atoms with van der Waals surface area (Å²) in [5.41, 5.74) is 3.10. The number of aliphatic carboxylic acids is 1. The van der Waals surface area contributed by atoms with E-state index >= 15 is 0 Å². The van der Waals surface area contributed by atoms with Crippen LogP contribution in [0.4, 0.5) is 0 Å². The maximum Gasteiger partial charge on any atom is 0.326 e. The van der Waals surface area contributed by atoms with E-state index in [2.05, 4.69) is 44.3 Å².